The lowest BCUT2D eigenvalue weighted by atomic mass is 10.1. The van der Waals surface area contributed by atoms with Gasteiger partial charge in [0.15, 0.2) is 0 Å². The van der Waals surface area contributed by atoms with Crippen molar-refractivity contribution in [3.05, 3.63) is 35.9 Å². The van der Waals surface area contributed by atoms with Crippen LogP contribution >= 0.6 is 0 Å². The Bertz CT molecular complexity index is 492. The van der Waals surface area contributed by atoms with Crippen molar-refractivity contribution in [1.29, 1.82) is 0 Å². The monoisotopic (exact) mass is 346 g/mol. The Kier molecular flexibility index (Phi) is 8.81. The summed E-state index contributed by atoms with van der Waals surface area (Å²) in [4.78, 5) is 16.7. The molecule has 1 aliphatic heterocycles. The number of benzene rings is 1. The Morgan fingerprint density at radius 1 is 1.08 bits per heavy atom. The molecule has 140 valence electrons. The van der Waals surface area contributed by atoms with Crippen molar-refractivity contribution in [3.63, 3.8) is 0 Å². The van der Waals surface area contributed by atoms with Crippen molar-refractivity contribution < 1.29 is 9.53 Å². The summed E-state index contributed by atoms with van der Waals surface area (Å²) in [6, 6.07) is 10.1. The summed E-state index contributed by atoms with van der Waals surface area (Å²) < 4.78 is 5.48. The van der Waals surface area contributed by atoms with Crippen LogP contribution in [0, 0.1) is 0 Å². The predicted molar refractivity (Wildman–Crippen MR) is 103 cm³/mol. The van der Waals surface area contributed by atoms with Gasteiger partial charge in [-0.2, -0.15) is 0 Å². The molecule has 4 nitrogen and oxygen atoms in total. The largest absolute Gasteiger partial charge is 0.445 e. The van der Waals surface area contributed by atoms with E-state index in [-0.39, 0.29) is 12.1 Å². The van der Waals surface area contributed by atoms with Crippen LogP contribution in [0.1, 0.15) is 57.9 Å². The van der Waals surface area contributed by atoms with Crippen molar-refractivity contribution >= 4 is 6.09 Å². The number of hydrogen-bond donors (Lipinski definition) is 0. The van der Waals surface area contributed by atoms with Gasteiger partial charge in [0.05, 0.1) is 0 Å². The van der Waals surface area contributed by atoms with Crippen LogP contribution in [-0.2, 0) is 11.3 Å². The van der Waals surface area contributed by atoms with E-state index in [0.29, 0.717) is 6.61 Å². The highest BCUT2D eigenvalue weighted by Crippen LogP contribution is 2.14. The van der Waals surface area contributed by atoms with Gasteiger partial charge in [-0.15, -0.1) is 0 Å². The van der Waals surface area contributed by atoms with Crippen LogP contribution in [0.15, 0.2) is 30.3 Å². The lowest BCUT2D eigenvalue weighted by Gasteiger charge is -2.39. The third kappa shape index (κ3) is 7.07. The van der Waals surface area contributed by atoms with E-state index in [2.05, 4.69) is 18.7 Å². The average Bonchev–Trinajstić information content (AvgIpc) is 2.63. The normalized spacial score (nSPS) is 18.3. The number of amides is 1. The summed E-state index contributed by atoms with van der Waals surface area (Å²) in [6.45, 7) is 8.57. The van der Waals surface area contributed by atoms with Crippen molar-refractivity contribution in [2.75, 3.05) is 26.2 Å². The zero-order chi connectivity index (χ0) is 17.9. The van der Waals surface area contributed by atoms with Gasteiger partial charge >= 0.3 is 6.09 Å². The van der Waals surface area contributed by atoms with Gasteiger partial charge in [0.1, 0.15) is 6.61 Å². The van der Waals surface area contributed by atoms with Gasteiger partial charge in [-0.3, -0.25) is 4.90 Å². The molecule has 0 radical (unpaired) electrons. The van der Waals surface area contributed by atoms with E-state index < -0.39 is 0 Å². The number of carbonyl (C=O) groups excluding carboxylic acids is 1. The quantitative estimate of drug-likeness (QED) is 0.608. The molecule has 2 rings (SSSR count). The second-order valence-corrected chi connectivity index (χ2v) is 7.15. The molecule has 1 amide bonds. The maximum Gasteiger partial charge on any atom is 0.410 e. The maximum absolute atomic E-state index is 12.3. The van der Waals surface area contributed by atoms with Gasteiger partial charge in [0.25, 0.3) is 0 Å². The molecule has 1 aliphatic rings. The third-order valence-electron chi connectivity index (χ3n) is 4.98. The lowest BCUT2D eigenvalue weighted by molar-refractivity contribution is 0.0475. The van der Waals surface area contributed by atoms with E-state index >= 15 is 0 Å². The molecule has 0 spiro atoms. The molecule has 0 bridgehead atoms. The molecule has 1 unspecified atom stereocenters. The predicted octanol–water partition coefficient (Wildman–Crippen LogP) is 4.69. The van der Waals surface area contributed by atoms with Crippen LogP contribution in [0.4, 0.5) is 4.79 Å². The number of rotatable bonds is 9. The molecular weight excluding hydrogens is 312 g/mol. The molecular formula is C21H34N2O2. The fourth-order valence-electron chi connectivity index (χ4n) is 3.43. The highest BCUT2D eigenvalue weighted by Gasteiger charge is 2.28. The first-order valence-electron chi connectivity index (χ1n) is 9.90. The molecule has 1 fully saturated rings. The van der Waals surface area contributed by atoms with Crippen molar-refractivity contribution in [1.82, 2.24) is 9.80 Å². The minimum Gasteiger partial charge on any atom is -0.445 e. The minimum atomic E-state index is -0.185. The fraction of sp³-hybridized carbons (Fsp3) is 0.667. The fourth-order valence-corrected chi connectivity index (χ4v) is 3.43. The van der Waals surface area contributed by atoms with Gasteiger partial charge < -0.3 is 9.64 Å². The van der Waals surface area contributed by atoms with E-state index in [4.69, 9.17) is 4.74 Å². The van der Waals surface area contributed by atoms with Gasteiger partial charge in [-0.25, -0.2) is 4.79 Å². The zero-order valence-corrected chi connectivity index (χ0v) is 16.0. The lowest BCUT2D eigenvalue weighted by Crippen LogP contribution is -2.54. The standard InChI is InChI=1S/C21H34N2O2/c1-3-4-5-6-7-11-14-22-15-16-23(19(2)17-22)21(24)25-18-20-12-9-8-10-13-20/h8-10,12-13,19H,3-7,11,14-18H2,1-2H3. The first-order valence-corrected chi connectivity index (χ1v) is 9.90. The number of ether oxygens (including phenoxy) is 1. The molecule has 0 aromatic heterocycles. The summed E-state index contributed by atoms with van der Waals surface area (Å²) in [5, 5.41) is 0. The van der Waals surface area contributed by atoms with E-state index in [9.17, 15) is 4.79 Å². The van der Waals surface area contributed by atoms with E-state index in [0.717, 1.165) is 31.7 Å². The molecule has 1 aromatic carbocycles. The number of hydrogen-bond acceptors (Lipinski definition) is 3. The van der Waals surface area contributed by atoms with Gasteiger partial charge in [0.2, 0.25) is 0 Å². The van der Waals surface area contributed by atoms with Gasteiger partial charge in [-0.05, 0) is 25.5 Å². The van der Waals surface area contributed by atoms with Crippen molar-refractivity contribution in [3.8, 4) is 0 Å². The first kappa shape index (κ1) is 19.8. The number of nitrogens with zero attached hydrogens (tertiary/aromatic N) is 2. The average molecular weight is 347 g/mol. The summed E-state index contributed by atoms with van der Waals surface area (Å²) in [7, 11) is 0. The molecule has 4 heteroatoms. The Morgan fingerprint density at radius 3 is 2.52 bits per heavy atom. The maximum atomic E-state index is 12.3. The zero-order valence-electron chi connectivity index (χ0n) is 16.0. The number of piperazine rings is 1. The third-order valence-corrected chi connectivity index (χ3v) is 4.98. The van der Waals surface area contributed by atoms with E-state index in [1.54, 1.807) is 0 Å². The van der Waals surface area contributed by atoms with Crippen molar-refractivity contribution in [2.45, 2.75) is 65.0 Å². The topological polar surface area (TPSA) is 32.8 Å². The molecule has 1 saturated heterocycles. The highest BCUT2D eigenvalue weighted by atomic mass is 16.6. The van der Waals surface area contributed by atoms with Crippen LogP contribution in [0.25, 0.3) is 0 Å². The second-order valence-electron chi connectivity index (χ2n) is 7.15. The Morgan fingerprint density at radius 2 is 1.80 bits per heavy atom. The minimum absolute atomic E-state index is 0.185. The van der Waals surface area contributed by atoms with Crippen LogP contribution in [-0.4, -0.2) is 48.1 Å². The summed E-state index contributed by atoms with van der Waals surface area (Å²) in [5.41, 5.74) is 1.03. The van der Waals surface area contributed by atoms with Gasteiger partial charge in [-0.1, -0.05) is 69.4 Å². The molecule has 1 heterocycles. The van der Waals surface area contributed by atoms with Crippen LogP contribution in [0.3, 0.4) is 0 Å². The number of unbranched alkanes of at least 4 members (excludes halogenated alkanes) is 5. The van der Waals surface area contributed by atoms with Crippen LogP contribution in [0.5, 0.6) is 0 Å². The molecule has 25 heavy (non-hydrogen) atoms. The molecule has 0 N–H and O–H groups in total. The van der Waals surface area contributed by atoms with E-state index in [1.165, 1.54) is 38.5 Å². The Hall–Kier alpha value is -1.55. The Labute approximate surface area is 153 Å². The second kappa shape index (κ2) is 11.1. The van der Waals surface area contributed by atoms with E-state index in [1.807, 2.05) is 35.2 Å². The number of carbonyl (C=O) groups is 1. The highest BCUT2D eigenvalue weighted by molar-refractivity contribution is 5.68. The molecule has 1 atom stereocenters. The molecule has 0 aliphatic carbocycles. The van der Waals surface area contributed by atoms with Gasteiger partial charge in [0, 0.05) is 25.7 Å². The molecule has 1 aromatic rings. The smallest absolute Gasteiger partial charge is 0.410 e. The Balaban J connectivity index is 1.64. The van der Waals surface area contributed by atoms with Crippen LogP contribution < -0.4 is 0 Å². The van der Waals surface area contributed by atoms with Crippen LogP contribution in [0.2, 0.25) is 0 Å². The first-order chi connectivity index (χ1) is 12.2. The summed E-state index contributed by atoms with van der Waals surface area (Å²) in [6.07, 6.45) is 7.81. The van der Waals surface area contributed by atoms with Crippen molar-refractivity contribution in [2.24, 2.45) is 0 Å². The summed E-state index contributed by atoms with van der Waals surface area (Å²) in [5.74, 6) is 0. The molecule has 0 saturated carbocycles. The SMILES string of the molecule is CCCCCCCCN1CCN(C(=O)OCc2ccccc2)C(C)C1. The summed E-state index contributed by atoms with van der Waals surface area (Å²) >= 11 is 0.